The molecule has 2 aromatic heterocycles. The SMILES string of the molecule is Nc1nc(C(=O)N2CCCCC2)cc(-c2ccco2)n1. The Bertz CT molecular complexity index is 604. The second kappa shape index (κ2) is 5.32. The summed E-state index contributed by atoms with van der Waals surface area (Å²) in [5, 5.41) is 0. The number of nitrogen functional groups attached to an aromatic ring is 1. The van der Waals surface area contributed by atoms with Crippen molar-refractivity contribution in [3.8, 4) is 11.5 Å². The second-order valence-electron chi connectivity index (χ2n) is 4.83. The first kappa shape index (κ1) is 12.7. The summed E-state index contributed by atoms with van der Waals surface area (Å²) in [5.41, 5.74) is 6.55. The Morgan fingerprint density at radius 2 is 2.05 bits per heavy atom. The van der Waals surface area contributed by atoms with Gasteiger partial charge in [0.05, 0.1) is 6.26 Å². The Labute approximate surface area is 116 Å². The molecule has 0 bridgehead atoms. The van der Waals surface area contributed by atoms with Crippen molar-refractivity contribution >= 4 is 11.9 Å². The molecular weight excluding hydrogens is 256 g/mol. The van der Waals surface area contributed by atoms with Crippen molar-refractivity contribution in [3.63, 3.8) is 0 Å². The van der Waals surface area contributed by atoms with Crippen LogP contribution in [0.1, 0.15) is 29.8 Å². The number of aromatic nitrogens is 2. The van der Waals surface area contributed by atoms with E-state index in [2.05, 4.69) is 9.97 Å². The van der Waals surface area contributed by atoms with Crippen LogP contribution in [0, 0.1) is 0 Å². The molecule has 0 radical (unpaired) electrons. The smallest absolute Gasteiger partial charge is 0.272 e. The van der Waals surface area contributed by atoms with E-state index >= 15 is 0 Å². The van der Waals surface area contributed by atoms with E-state index in [4.69, 9.17) is 10.2 Å². The topological polar surface area (TPSA) is 85.2 Å². The highest BCUT2D eigenvalue weighted by atomic mass is 16.3. The molecule has 1 aliphatic rings. The lowest BCUT2D eigenvalue weighted by Crippen LogP contribution is -2.36. The zero-order valence-corrected chi connectivity index (χ0v) is 11.1. The Morgan fingerprint density at radius 1 is 1.25 bits per heavy atom. The first-order valence-corrected chi connectivity index (χ1v) is 6.72. The molecule has 3 heterocycles. The van der Waals surface area contributed by atoms with Gasteiger partial charge in [0.15, 0.2) is 5.76 Å². The minimum Gasteiger partial charge on any atom is -0.463 e. The van der Waals surface area contributed by atoms with Crippen molar-refractivity contribution in [2.45, 2.75) is 19.3 Å². The number of nitrogens with zero attached hydrogens (tertiary/aromatic N) is 3. The molecule has 0 spiro atoms. The third-order valence-electron chi connectivity index (χ3n) is 3.38. The van der Waals surface area contributed by atoms with Gasteiger partial charge in [-0.05, 0) is 37.5 Å². The van der Waals surface area contributed by atoms with Crippen molar-refractivity contribution in [1.82, 2.24) is 14.9 Å². The molecule has 0 aliphatic carbocycles. The lowest BCUT2D eigenvalue weighted by Gasteiger charge is -2.26. The maximum absolute atomic E-state index is 12.4. The number of nitrogens with two attached hydrogens (primary N) is 1. The molecule has 0 saturated carbocycles. The molecule has 0 aromatic carbocycles. The van der Waals surface area contributed by atoms with E-state index < -0.39 is 0 Å². The van der Waals surface area contributed by atoms with Crippen LogP contribution in [0.25, 0.3) is 11.5 Å². The van der Waals surface area contributed by atoms with Crippen molar-refractivity contribution in [1.29, 1.82) is 0 Å². The van der Waals surface area contributed by atoms with Gasteiger partial charge in [0.1, 0.15) is 11.4 Å². The van der Waals surface area contributed by atoms with Crippen molar-refractivity contribution < 1.29 is 9.21 Å². The molecule has 1 fully saturated rings. The van der Waals surface area contributed by atoms with E-state index in [1.807, 2.05) is 4.90 Å². The van der Waals surface area contributed by atoms with Crippen molar-refractivity contribution in [3.05, 3.63) is 30.2 Å². The molecule has 1 saturated heterocycles. The van der Waals surface area contributed by atoms with E-state index in [0.717, 1.165) is 25.9 Å². The zero-order chi connectivity index (χ0) is 13.9. The minimum atomic E-state index is -0.0911. The number of carbonyl (C=O) groups excluding carboxylic acids is 1. The number of hydrogen-bond acceptors (Lipinski definition) is 5. The molecule has 20 heavy (non-hydrogen) atoms. The third-order valence-corrected chi connectivity index (χ3v) is 3.38. The first-order valence-electron chi connectivity index (χ1n) is 6.72. The molecule has 0 atom stereocenters. The van der Waals surface area contributed by atoms with Crippen LogP contribution in [0.3, 0.4) is 0 Å². The highest BCUT2D eigenvalue weighted by molar-refractivity contribution is 5.93. The molecule has 3 rings (SSSR count). The second-order valence-corrected chi connectivity index (χ2v) is 4.83. The highest BCUT2D eigenvalue weighted by Gasteiger charge is 2.21. The number of anilines is 1. The summed E-state index contributed by atoms with van der Waals surface area (Å²) in [6, 6.07) is 5.17. The number of likely N-dealkylation sites (tertiary alicyclic amines) is 1. The Morgan fingerprint density at radius 3 is 2.75 bits per heavy atom. The fourth-order valence-corrected chi connectivity index (χ4v) is 2.38. The molecule has 1 aliphatic heterocycles. The van der Waals surface area contributed by atoms with Crippen LogP contribution < -0.4 is 5.73 Å². The van der Waals surface area contributed by atoms with E-state index in [0.29, 0.717) is 17.1 Å². The van der Waals surface area contributed by atoms with Crippen LogP contribution in [0.4, 0.5) is 5.95 Å². The van der Waals surface area contributed by atoms with Gasteiger partial charge in [-0.25, -0.2) is 9.97 Å². The normalized spacial score (nSPS) is 15.3. The van der Waals surface area contributed by atoms with Gasteiger partial charge in [0.25, 0.3) is 5.91 Å². The standard InChI is InChI=1S/C14H16N4O2/c15-14-16-10(12-5-4-8-20-12)9-11(17-14)13(19)18-6-2-1-3-7-18/h4-5,8-9H,1-3,6-7H2,(H2,15,16,17). The van der Waals surface area contributed by atoms with Gasteiger partial charge in [-0.3, -0.25) is 4.79 Å². The number of carbonyl (C=O) groups is 1. The average molecular weight is 272 g/mol. The van der Waals surface area contributed by atoms with E-state index in [-0.39, 0.29) is 11.9 Å². The summed E-state index contributed by atoms with van der Waals surface area (Å²) < 4.78 is 5.28. The molecule has 104 valence electrons. The molecule has 2 N–H and O–H groups in total. The summed E-state index contributed by atoms with van der Waals surface area (Å²) in [6.07, 6.45) is 4.81. The fraction of sp³-hybridized carbons (Fsp3) is 0.357. The van der Waals surface area contributed by atoms with Gasteiger partial charge in [0, 0.05) is 13.1 Å². The summed E-state index contributed by atoms with van der Waals surface area (Å²) in [4.78, 5) is 22.4. The fourth-order valence-electron chi connectivity index (χ4n) is 2.38. The van der Waals surface area contributed by atoms with Crippen molar-refractivity contribution in [2.24, 2.45) is 0 Å². The minimum absolute atomic E-state index is 0.0826. The van der Waals surface area contributed by atoms with E-state index in [9.17, 15) is 4.79 Å². The lowest BCUT2D eigenvalue weighted by atomic mass is 10.1. The largest absolute Gasteiger partial charge is 0.463 e. The van der Waals surface area contributed by atoms with Gasteiger partial charge >= 0.3 is 0 Å². The lowest BCUT2D eigenvalue weighted by molar-refractivity contribution is 0.0718. The molecule has 6 nitrogen and oxygen atoms in total. The molecule has 0 unspecified atom stereocenters. The number of furan rings is 1. The summed E-state index contributed by atoms with van der Waals surface area (Å²) in [5.74, 6) is 0.567. The predicted molar refractivity (Wildman–Crippen MR) is 73.9 cm³/mol. The monoisotopic (exact) mass is 272 g/mol. The zero-order valence-electron chi connectivity index (χ0n) is 11.1. The van der Waals surface area contributed by atoms with Gasteiger partial charge < -0.3 is 15.1 Å². The third kappa shape index (κ3) is 2.49. The van der Waals surface area contributed by atoms with Crippen LogP contribution in [-0.2, 0) is 0 Å². The van der Waals surface area contributed by atoms with Gasteiger partial charge in [0.2, 0.25) is 5.95 Å². The van der Waals surface area contributed by atoms with Crippen LogP contribution >= 0.6 is 0 Å². The quantitative estimate of drug-likeness (QED) is 0.903. The summed E-state index contributed by atoms with van der Waals surface area (Å²) in [6.45, 7) is 1.55. The Kier molecular flexibility index (Phi) is 3.37. The Hall–Kier alpha value is -2.37. The van der Waals surface area contributed by atoms with Gasteiger partial charge in [-0.2, -0.15) is 0 Å². The maximum atomic E-state index is 12.4. The van der Waals surface area contributed by atoms with Gasteiger partial charge in [-0.1, -0.05) is 0 Å². The molecule has 1 amide bonds. The summed E-state index contributed by atoms with van der Waals surface area (Å²) in [7, 11) is 0. The first-order chi connectivity index (χ1) is 9.74. The molecule has 6 heteroatoms. The van der Waals surface area contributed by atoms with Crippen LogP contribution in [0.15, 0.2) is 28.9 Å². The molecular formula is C14H16N4O2. The van der Waals surface area contributed by atoms with Crippen molar-refractivity contribution in [2.75, 3.05) is 18.8 Å². The number of rotatable bonds is 2. The molecule has 2 aromatic rings. The van der Waals surface area contributed by atoms with Crippen LogP contribution in [-0.4, -0.2) is 33.9 Å². The number of piperidine rings is 1. The number of amides is 1. The van der Waals surface area contributed by atoms with Crippen LogP contribution in [0.2, 0.25) is 0 Å². The average Bonchev–Trinajstić information content (AvgIpc) is 3.01. The van der Waals surface area contributed by atoms with Crippen LogP contribution in [0.5, 0.6) is 0 Å². The summed E-state index contributed by atoms with van der Waals surface area (Å²) >= 11 is 0. The highest BCUT2D eigenvalue weighted by Crippen LogP contribution is 2.20. The number of hydrogen-bond donors (Lipinski definition) is 1. The van der Waals surface area contributed by atoms with E-state index in [1.165, 1.54) is 6.42 Å². The van der Waals surface area contributed by atoms with E-state index in [1.54, 1.807) is 24.5 Å². The predicted octanol–water partition coefficient (Wildman–Crippen LogP) is 1.94. The maximum Gasteiger partial charge on any atom is 0.272 e. The Balaban J connectivity index is 1.91. The van der Waals surface area contributed by atoms with Gasteiger partial charge in [-0.15, -0.1) is 0 Å².